The van der Waals surface area contributed by atoms with E-state index in [0.717, 1.165) is 11.5 Å². The van der Waals surface area contributed by atoms with E-state index in [1.165, 1.54) is 56.4 Å². The molecule has 0 spiro atoms. The van der Waals surface area contributed by atoms with Crippen LogP contribution in [0, 0.1) is 11.7 Å². The summed E-state index contributed by atoms with van der Waals surface area (Å²) in [5, 5.41) is 2.23. The van der Waals surface area contributed by atoms with Crippen LogP contribution in [0.2, 0.25) is 0 Å². The number of isothiocyanates is 1. The maximum absolute atomic E-state index is 14.2. The van der Waals surface area contributed by atoms with Gasteiger partial charge in [0, 0.05) is 11.6 Å². The fourth-order valence-electron chi connectivity index (χ4n) is 3.86. The van der Waals surface area contributed by atoms with Crippen LogP contribution in [0.25, 0.3) is 11.3 Å². The topological polar surface area (TPSA) is 25.2 Å². The van der Waals surface area contributed by atoms with Crippen molar-refractivity contribution in [3.63, 3.8) is 0 Å². The summed E-state index contributed by atoms with van der Waals surface area (Å²) in [6, 6.07) is 9.54. The summed E-state index contributed by atoms with van der Waals surface area (Å²) >= 11 is 4.53. The third kappa shape index (κ3) is 4.39. The molecule has 2 aromatic rings. The van der Waals surface area contributed by atoms with E-state index in [1.54, 1.807) is 0 Å². The summed E-state index contributed by atoms with van der Waals surface area (Å²) in [5.74, 6) is 1.16. The fourth-order valence-corrected chi connectivity index (χ4v) is 3.97. The molecule has 0 amide bonds. The molecule has 1 saturated carbocycles. The molecule has 0 radical (unpaired) electrons. The Morgan fingerprint density at radius 1 is 1.20 bits per heavy atom. The van der Waals surface area contributed by atoms with Crippen LogP contribution in [0.1, 0.15) is 56.9 Å². The summed E-state index contributed by atoms with van der Waals surface area (Å²) in [6.07, 6.45) is 9.36. The lowest BCUT2D eigenvalue weighted by molar-refractivity contribution is 0.308. The number of hydrogen-bond acceptors (Lipinski definition) is 3. The third-order valence-electron chi connectivity index (χ3n) is 5.20. The van der Waals surface area contributed by atoms with Gasteiger partial charge in [-0.15, -0.1) is 0 Å². The summed E-state index contributed by atoms with van der Waals surface area (Å²) < 4.78 is 14.2. The smallest absolute Gasteiger partial charge is 0.151 e. The summed E-state index contributed by atoms with van der Waals surface area (Å²) in [4.78, 5) is 7.94. The first-order valence-corrected chi connectivity index (χ1v) is 9.45. The van der Waals surface area contributed by atoms with Gasteiger partial charge in [0.1, 0.15) is 5.69 Å². The van der Waals surface area contributed by atoms with E-state index in [-0.39, 0.29) is 5.82 Å². The second kappa shape index (κ2) is 8.46. The molecule has 130 valence electrons. The number of hydrogen-bond donors (Lipinski definition) is 0. The van der Waals surface area contributed by atoms with Gasteiger partial charge in [-0.1, -0.05) is 44.0 Å². The lowest BCUT2D eigenvalue weighted by Gasteiger charge is -2.28. The van der Waals surface area contributed by atoms with Crippen LogP contribution in [0.4, 0.5) is 10.1 Å². The van der Waals surface area contributed by atoms with Crippen LogP contribution in [-0.4, -0.2) is 10.1 Å². The third-order valence-corrected chi connectivity index (χ3v) is 5.29. The second-order valence-corrected chi connectivity index (χ2v) is 7.04. The molecule has 4 heteroatoms. The molecule has 0 atom stereocenters. The Kier molecular flexibility index (Phi) is 6.06. The van der Waals surface area contributed by atoms with Crippen molar-refractivity contribution in [2.24, 2.45) is 10.9 Å². The molecule has 1 heterocycles. The molecule has 1 aliphatic rings. The molecule has 3 rings (SSSR count). The van der Waals surface area contributed by atoms with E-state index < -0.39 is 0 Å². The highest BCUT2D eigenvalue weighted by atomic mass is 32.1. The Bertz CT molecular complexity index is 758. The van der Waals surface area contributed by atoms with Crippen LogP contribution in [0.3, 0.4) is 0 Å². The number of benzene rings is 1. The van der Waals surface area contributed by atoms with Gasteiger partial charge < -0.3 is 0 Å². The van der Waals surface area contributed by atoms with Gasteiger partial charge in [0.05, 0.1) is 17.0 Å². The molecule has 2 nitrogen and oxygen atoms in total. The zero-order valence-electron chi connectivity index (χ0n) is 14.5. The molecule has 0 unspecified atom stereocenters. The highest BCUT2D eigenvalue weighted by molar-refractivity contribution is 7.78. The van der Waals surface area contributed by atoms with E-state index in [1.807, 2.05) is 12.1 Å². The highest BCUT2D eigenvalue weighted by Crippen LogP contribution is 2.38. The Balaban J connectivity index is 1.71. The molecule has 1 fully saturated rings. The number of pyridine rings is 1. The van der Waals surface area contributed by atoms with Crippen molar-refractivity contribution in [1.29, 1.82) is 0 Å². The van der Waals surface area contributed by atoms with Gasteiger partial charge in [0.15, 0.2) is 5.82 Å². The van der Waals surface area contributed by atoms with Crippen LogP contribution in [0.5, 0.6) is 0 Å². The van der Waals surface area contributed by atoms with Crippen molar-refractivity contribution >= 4 is 23.1 Å². The predicted octanol–water partition coefficient (Wildman–Crippen LogP) is 6.70. The molecule has 0 bridgehead atoms. The zero-order valence-corrected chi connectivity index (χ0v) is 15.4. The Labute approximate surface area is 154 Å². The van der Waals surface area contributed by atoms with E-state index in [2.05, 4.69) is 46.4 Å². The monoisotopic (exact) mass is 354 g/mol. The first-order chi connectivity index (χ1) is 12.2. The second-order valence-electron chi connectivity index (χ2n) is 6.86. The molecule has 1 aromatic heterocycles. The van der Waals surface area contributed by atoms with E-state index in [0.29, 0.717) is 17.3 Å². The van der Waals surface area contributed by atoms with Crippen LogP contribution in [0.15, 0.2) is 41.5 Å². The average molecular weight is 354 g/mol. The number of rotatable bonds is 5. The Morgan fingerprint density at radius 2 is 1.92 bits per heavy atom. The lowest BCUT2D eigenvalue weighted by Crippen LogP contribution is -2.13. The maximum atomic E-state index is 14.2. The molecular weight excluding hydrogens is 331 g/mol. The first-order valence-electron chi connectivity index (χ1n) is 9.05. The molecule has 25 heavy (non-hydrogen) atoms. The van der Waals surface area contributed by atoms with Gasteiger partial charge in [-0.2, -0.15) is 4.99 Å². The molecule has 1 aliphatic carbocycles. The van der Waals surface area contributed by atoms with E-state index >= 15 is 0 Å². The molecule has 0 aliphatic heterocycles. The van der Waals surface area contributed by atoms with Gasteiger partial charge in [-0.25, -0.2) is 4.39 Å². The zero-order chi connectivity index (χ0) is 17.6. The number of nitrogens with zero attached hydrogens (tertiary/aromatic N) is 2. The molecule has 0 saturated heterocycles. The van der Waals surface area contributed by atoms with E-state index in [4.69, 9.17) is 0 Å². The van der Waals surface area contributed by atoms with Crippen LogP contribution in [-0.2, 0) is 0 Å². The minimum Gasteiger partial charge on any atom is -0.251 e. The molecule has 0 N–H and O–H groups in total. The number of thiocarbonyl (C=S) groups is 1. The quantitative estimate of drug-likeness (QED) is 0.441. The van der Waals surface area contributed by atoms with Crippen molar-refractivity contribution in [1.82, 2.24) is 4.98 Å². The minimum atomic E-state index is -0.390. The van der Waals surface area contributed by atoms with Crippen molar-refractivity contribution in [2.75, 3.05) is 0 Å². The fraction of sp³-hybridized carbons (Fsp3) is 0.429. The highest BCUT2D eigenvalue weighted by Gasteiger charge is 2.21. The molecule has 1 aromatic carbocycles. The first kappa shape index (κ1) is 17.9. The predicted molar refractivity (Wildman–Crippen MR) is 104 cm³/mol. The van der Waals surface area contributed by atoms with Crippen LogP contribution >= 0.6 is 12.2 Å². The van der Waals surface area contributed by atoms with Crippen molar-refractivity contribution in [3.05, 3.63) is 47.9 Å². The van der Waals surface area contributed by atoms with Crippen molar-refractivity contribution in [2.45, 2.75) is 51.4 Å². The maximum Gasteiger partial charge on any atom is 0.151 e. The summed E-state index contributed by atoms with van der Waals surface area (Å²) in [7, 11) is 0. The number of halogens is 1. The largest absolute Gasteiger partial charge is 0.251 e. The molecular formula is C21H23FN2S. The minimum absolute atomic E-state index is 0.349. The standard InChI is InChI=1S/C21H23FN2S/c1-2-3-15-4-6-16(7-5-15)17-8-10-18(11-9-17)21-20(22)12-19(13-23-21)24-14-25/h8-13,15-16H,2-7H2,1H3. The normalized spacial score (nSPS) is 20.1. The number of aliphatic imine (C=N–C) groups is 1. The van der Waals surface area contributed by atoms with Gasteiger partial charge >= 0.3 is 0 Å². The Morgan fingerprint density at radius 3 is 2.52 bits per heavy atom. The van der Waals surface area contributed by atoms with Gasteiger partial charge in [0.2, 0.25) is 0 Å². The van der Waals surface area contributed by atoms with Gasteiger partial charge in [-0.05, 0) is 55.3 Å². The van der Waals surface area contributed by atoms with E-state index in [9.17, 15) is 4.39 Å². The Hall–Kier alpha value is -1.90. The summed E-state index contributed by atoms with van der Waals surface area (Å²) in [5.41, 5.74) is 2.89. The summed E-state index contributed by atoms with van der Waals surface area (Å²) in [6.45, 7) is 2.27. The lowest BCUT2D eigenvalue weighted by atomic mass is 9.77. The van der Waals surface area contributed by atoms with Crippen molar-refractivity contribution in [3.8, 4) is 11.3 Å². The van der Waals surface area contributed by atoms with Crippen LogP contribution < -0.4 is 0 Å². The number of aromatic nitrogens is 1. The van der Waals surface area contributed by atoms with Gasteiger partial charge in [0.25, 0.3) is 0 Å². The van der Waals surface area contributed by atoms with Crippen molar-refractivity contribution < 1.29 is 4.39 Å². The SMILES string of the molecule is CCCC1CCC(c2ccc(-c3ncc(N=C=S)cc3F)cc2)CC1. The average Bonchev–Trinajstić information content (AvgIpc) is 2.63. The van der Waals surface area contributed by atoms with Gasteiger partial charge in [-0.3, -0.25) is 4.98 Å².